The molecule has 1 saturated carbocycles. The first-order valence-corrected chi connectivity index (χ1v) is 12.1. The van der Waals surface area contributed by atoms with Crippen LogP contribution in [-0.2, 0) is 17.5 Å². The Kier molecular flexibility index (Phi) is 5.58. The molecule has 0 atom stereocenters. The molecule has 0 saturated heterocycles. The van der Waals surface area contributed by atoms with Gasteiger partial charge in [-0.1, -0.05) is 78.6 Å². The number of thioether (sulfide) groups is 1. The highest BCUT2D eigenvalue weighted by Gasteiger charge is 2.29. The van der Waals surface area contributed by atoms with E-state index in [-0.39, 0.29) is 10.8 Å². The summed E-state index contributed by atoms with van der Waals surface area (Å²) < 4.78 is 2.34. The Hall–Kier alpha value is -1.33. The predicted molar refractivity (Wildman–Crippen MR) is 122 cm³/mol. The Morgan fingerprint density at radius 2 is 1.48 bits per heavy atom. The monoisotopic (exact) mass is 412 g/mol. The maximum Gasteiger partial charge on any atom is 0.193 e. The Morgan fingerprint density at radius 1 is 0.862 bits per heavy atom. The van der Waals surface area contributed by atoms with Crippen LogP contribution in [-0.4, -0.2) is 31.6 Å². The normalized spacial score (nSPS) is 19.4. The molecule has 158 valence electrons. The highest BCUT2D eigenvalue weighted by atomic mass is 32.2. The summed E-state index contributed by atoms with van der Waals surface area (Å²) in [6.07, 6.45) is 6.81. The van der Waals surface area contributed by atoms with E-state index in [1.54, 1.807) is 0 Å². The number of fused-ring (bicyclic) bond motifs is 1. The lowest BCUT2D eigenvalue weighted by Crippen LogP contribution is -2.40. The molecule has 0 amide bonds. The van der Waals surface area contributed by atoms with Gasteiger partial charge in [-0.2, -0.15) is 0 Å². The molecule has 0 bridgehead atoms. The minimum atomic E-state index is 0.101. The van der Waals surface area contributed by atoms with Crippen molar-refractivity contribution in [2.45, 2.75) is 102 Å². The van der Waals surface area contributed by atoms with Crippen molar-refractivity contribution in [2.75, 3.05) is 5.88 Å². The summed E-state index contributed by atoms with van der Waals surface area (Å²) in [7, 11) is 0. The van der Waals surface area contributed by atoms with Crippen LogP contribution >= 0.6 is 11.8 Å². The van der Waals surface area contributed by atoms with E-state index in [2.05, 4.69) is 79.4 Å². The first-order valence-electron chi connectivity index (χ1n) is 11.1. The average Bonchev–Trinajstić information content (AvgIpc) is 3.10. The maximum absolute atomic E-state index is 4.66. The van der Waals surface area contributed by atoms with Gasteiger partial charge in [0.1, 0.15) is 0 Å². The van der Waals surface area contributed by atoms with Crippen LogP contribution in [0.2, 0.25) is 0 Å². The summed E-state index contributed by atoms with van der Waals surface area (Å²) in [5.41, 5.74) is 4.13. The molecule has 0 spiro atoms. The highest BCUT2D eigenvalue weighted by Crippen LogP contribution is 2.36. The van der Waals surface area contributed by atoms with Gasteiger partial charge in [0.15, 0.2) is 11.0 Å². The Bertz CT molecular complexity index is 834. The maximum atomic E-state index is 4.66. The van der Waals surface area contributed by atoms with E-state index in [9.17, 15) is 0 Å². The lowest BCUT2D eigenvalue weighted by atomic mass is 9.79. The molecule has 1 aliphatic carbocycles. The molecule has 2 heterocycles. The number of benzene rings is 1. The Balaban J connectivity index is 1.72. The third-order valence-corrected chi connectivity index (χ3v) is 7.43. The highest BCUT2D eigenvalue weighted by molar-refractivity contribution is 7.99. The predicted octanol–water partition coefficient (Wildman–Crippen LogP) is 6.20. The van der Waals surface area contributed by atoms with Gasteiger partial charge >= 0.3 is 0 Å². The summed E-state index contributed by atoms with van der Waals surface area (Å²) in [5, 5.41) is 10.3. The van der Waals surface area contributed by atoms with Crippen LogP contribution in [0.3, 0.4) is 0 Å². The lowest BCUT2D eigenvalue weighted by Gasteiger charge is -2.36. The molecule has 1 aliphatic heterocycles. The van der Waals surface area contributed by atoms with Crippen LogP contribution in [0.1, 0.15) is 84.8 Å². The third kappa shape index (κ3) is 4.41. The van der Waals surface area contributed by atoms with Crippen molar-refractivity contribution in [2.24, 2.45) is 0 Å². The molecule has 1 fully saturated rings. The van der Waals surface area contributed by atoms with Crippen molar-refractivity contribution in [3.63, 3.8) is 0 Å². The van der Waals surface area contributed by atoms with E-state index in [1.807, 2.05) is 11.8 Å². The molecule has 2 aliphatic rings. The van der Waals surface area contributed by atoms with Crippen LogP contribution < -0.4 is 0 Å². The fourth-order valence-electron chi connectivity index (χ4n) is 4.39. The smallest absolute Gasteiger partial charge is 0.193 e. The zero-order valence-electron chi connectivity index (χ0n) is 19.0. The number of hydrogen-bond donors (Lipinski definition) is 0. The molecular formula is C24H36N4S. The minimum absolute atomic E-state index is 0.101. The first kappa shape index (κ1) is 20.9. The van der Waals surface area contributed by atoms with Crippen LogP contribution in [0.25, 0.3) is 11.4 Å². The molecule has 29 heavy (non-hydrogen) atoms. The lowest BCUT2D eigenvalue weighted by molar-refractivity contribution is 0.135. The second-order valence-corrected chi connectivity index (χ2v) is 11.7. The minimum Gasteiger partial charge on any atom is -0.288 e. The number of nitrogens with zero attached hydrogens (tertiary/aromatic N) is 4. The van der Waals surface area contributed by atoms with Crippen molar-refractivity contribution >= 4 is 11.8 Å². The van der Waals surface area contributed by atoms with Gasteiger partial charge in [-0.15, -0.1) is 10.2 Å². The first-order chi connectivity index (χ1) is 13.6. The molecule has 1 aromatic heterocycles. The SMILES string of the molecule is CC(C)(C)c1cc(-c2nnc3n2CN(C2CCCCC2)CS3)cc(C(C)(C)C)c1. The summed E-state index contributed by atoms with van der Waals surface area (Å²) >= 11 is 1.84. The van der Waals surface area contributed by atoms with Crippen molar-refractivity contribution in [1.82, 2.24) is 19.7 Å². The van der Waals surface area contributed by atoms with Gasteiger partial charge in [0.25, 0.3) is 0 Å². The second-order valence-electron chi connectivity index (χ2n) is 10.8. The van der Waals surface area contributed by atoms with Gasteiger partial charge in [0.05, 0.1) is 12.5 Å². The zero-order valence-corrected chi connectivity index (χ0v) is 19.8. The van der Waals surface area contributed by atoms with Gasteiger partial charge in [0.2, 0.25) is 0 Å². The van der Waals surface area contributed by atoms with Crippen molar-refractivity contribution in [3.8, 4) is 11.4 Å². The summed E-state index contributed by atoms with van der Waals surface area (Å²) in [6, 6.07) is 7.75. The Labute approximate surface area is 180 Å². The average molecular weight is 413 g/mol. The largest absolute Gasteiger partial charge is 0.288 e. The van der Waals surface area contributed by atoms with Gasteiger partial charge in [-0.25, -0.2) is 0 Å². The van der Waals surface area contributed by atoms with E-state index < -0.39 is 0 Å². The van der Waals surface area contributed by atoms with Crippen LogP contribution in [0.5, 0.6) is 0 Å². The van der Waals surface area contributed by atoms with Crippen molar-refractivity contribution < 1.29 is 0 Å². The molecule has 1 aromatic carbocycles. The van der Waals surface area contributed by atoms with Gasteiger partial charge < -0.3 is 0 Å². The van der Waals surface area contributed by atoms with Crippen molar-refractivity contribution in [1.29, 1.82) is 0 Å². The fraction of sp³-hybridized carbons (Fsp3) is 0.667. The van der Waals surface area contributed by atoms with Gasteiger partial charge in [0, 0.05) is 11.6 Å². The molecule has 4 rings (SSSR count). The van der Waals surface area contributed by atoms with Gasteiger partial charge in [-0.3, -0.25) is 9.47 Å². The van der Waals surface area contributed by atoms with E-state index in [0.717, 1.165) is 23.5 Å². The van der Waals surface area contributed by atoms with Crippen LogP contribution in [0, 0.1) is 0 Å². The Morgan fingerprint density at radius 3 is 2.07 bits per heavy atom. The third-order valence-electron chi connectivity index (χ3n) is 6.41. The number of hydrogen-bond acceptors (Lipinski definition) is 4. The number of aromatic nitrogens is 3. The number of rotatable bonds is 2. The fourth-order valence-corrected chi connectivity index (χ4v) is 5.36. The van der Waals surface area contributed by atoms with E-state index in [1.165, 1.54) is 48.8 Å². The summed E-state index contributed by atoms with van der Waals surface area (Å²) in [4.78, 5) is 2.64. The van der Waals surface area contributed by atoms with Gasteiger partial charge in [-0.05, 0) is 46.9 Å². The van der Waals surface area contributed by atoms with Crippen molar-refractivity contribution in [3.05, 3.63) is 29.3 Å². The molecule has 0 radical (unpaired) electrons. The quantitative estimate of drug-likeness (QED) is 0.588. The molecule has 0 unspecified atom stereocenters. The summed E-state index contributed by atoms with van der Waals surface area (Å²) in [5.74, 6) is 2.06. The molecule has 2 aromatic rings. The topological polar surface area (TPSA) is 34.0 Å². The molecular weight excluding hydrogens is 376 g/mol. The van der Waals surface area contributed by atoms with Crippen LogP contribution in [0.4, 0.5) is 0 Å². The molecule has 4 nitrogen and oxygen atoms in total. The standard InChI is InChI=1S/C24H36N4S/c1-23(2,3)18-12-17(13-19(14-18)24(4,5)6)21-25-26-22-28(21)15-27(16-29-22)20-10-8-7-9-11-20/h12-14,20H,7-11,15-16H2,1-6H3. The van der Waals surface area contributed by atoms with Crippen LogP contribution in [0.15, 0.2) is 23.4 Å². The molecule has 5 heteroatoms. The molecule has 0 N–H and O–H groups in total. The second kappa shape index (κ2) is 7.73. The van der Waals surface area contributed by atoms with E-state index in [0.29, 0.717) is 6.04 Å². The summed E-state index contributed by atoms with van der Waals surface area (Å²) in [6.45, 7) is 14.7. The zero-order chi connectivity index (χ0) is 20.8. The van der Waals surface area contributed by atoms with E-state index >= 15 is 0 Å². The van der Waals surface area contributed by atoms with E-state index in [4.69, 9.17) is 0 Å².